The second kappa shape index (κ2) is 6.56. The maximum absolute atomic E-state index is 12.0. The Balaban J connectivity index is 1.87. The largest absolute Gasteiger partial charge is 0.340 e. The lowest BCUT2D eigenvalue weighted by Crippen LogP contribution is -2.46. The second-order valence-corrected chi connectivity index (χ2v) is 4.85. The van der Waals surface area contributed by atoms with Gasteiger partial charge in [-0.25, -0.2) is 4.79 Å². The van der Waals surface area contributed by atoms with Gasteiger partial charge in [-0.1, -0.05) is 6.92 Å². The van der Waals surface area contributed by atoms with Crippen molar-refractivity contribution in [1.82, 2.24) is 19.4 Å². The molecule has 0 atom stereocenters. The highest BCUT2D eigenvalue weighted by Crippen LogP contribution is 1.99. The quantitative estimate of drug-likeness (QED) is 0.808. The summed E-state index contributed by atoms with van der Waals surface area (Å²) in [6.45, 7) is 6.50. The molecule has 0 saturated carbocycles. The lowest BCUT2D eigenvalue weighted by Gasteiger charge is -2.27. The summed E-state index contributed by atoms with van der Waals surface area (Å²) in [4.78, 5) is 25.8. The maximum Gasteiger partial charge on any atom is 0.328 e. The predicted molar refractivity (Wildman–Crippen MR) is 73.0 cm³/mol. The minimum atomic E-state index is -0.0186. The number of hydrogen-bond donors (Lipinski definition) is 1. The Hall–Kier alpha value is -1.56. The van der Waals surface area contributed by atoms with Crippen LogP contribution in [0.1, 0.15) is 19.8 Å². The lowest BCUT2D eigenvalue weighted by molar-refractivity contribution is -0.132. The van der Waals surface area contributed by atoms with Crippen LogP contribution in [0.4, 0.5) is 0 Å². The van der Waals surface area contributed by atoms with E-state index in [-0.39, 0.29) is 11.6 Å². The van der Waals surface area contributed by atoms with Crippen LogP contribution in [0.2, 0.25) is 0 Å². The molecule has 0 spiro atoms. The molecule has 19 heavy (non-hydrogen) atoms. The Morgan fingerprint density at radius 1 is 1.21 bits per heavy atom. The van der Waals surface area contributed by atoms with Gasteiger partial charge >= 0.3 is 5.69 Å². The van der Waals surface area contributed by atoms with E-state index >= 15 is 0 Å². The summed E-state index contributed by atoms with van der Waals surface area (Å²) in [6, 6.07) is 0. The van der Waals surface area contributed by atoms with Gasteiger partial charge in [-0.15, -0.1) is 0 Å². The molecule has 2 rings (SSSR count). The smallest absolute Gasteiger partial charge is 0.328 e. The first kappa shape index (κ1) is 13.9. The summed E-state index contributed by atoms with van der Waals surface area (Å²) >= 11 is 0. The van der Waals surface area contributed by atoms with Gasteiger partial charge in [-0.2, -0.15) is 0 Å². The van der Waals surface area contributed by atoms with E-state index in [1.807, 2.05) is 11.8 Å². The number of aryl methyl sites for hydroxylation is 2. The molecule has 0 unspecified atom stereocenters. The van der Waals surface area contributed by atoms with Crippen LogP contribution in [0.15, 0.2) is 17.2 Å². The molecule has 0 aliphatic carbocycles. The van der Waals surface area contributed by atoms with Crippen molar-refractivity contribution in [2.75, 3.05) is 26.2 Å². The van der Waals surface area contributed by atoms with Crippen molar-refractivity contribution in [3.8, 4) is 0 Å². The summed E-state index contributed by atoms with van der Waals surface area (Å²) in [7, 11) is 0. The summed E-state index contributed by atoms with van der Waals surface area (Å²) in [5.74, 6) is 0.136. The Bertz CT molecular complexity index is 471. The van der Waals surface area contributed by atoms with Crippen molar-refractivity contribution in [1.29, 1.82) is 0 Å². The molecule has 2 heterocycles. The normalized spacial score (nSPS) is 15.7. The number of carbonyl (C=O) groups is 1. The topological polar surface area (TPSA) is 59.3 Å². The molecule has 1 aromatic heterocycles. The first-order chi connectivity index (χ1) is 9.22. The predicted octanol–water partition coefficient (Wildman–Crippen LogP) is -0.118. The molecule has 1 fully saturated rings. The van der Waals surface area contributed by atoms with E-state index in [1.54, 1.807) is 21.5 Å². The molecule has 1 aliphatic rings. The number of amides is 1. The number of imidazole rings is 1. The number of carbonyl (C=O) groups excluding carboxylic acids is 1. The third-order valence-electron chi connectivity index (χ3n) is 3.42. The highest BCUT2D eigenvalue weighted by atomic mass is 16.2. The van der Waals surface area contributed by atoms with Crippen molar-refractivity contribution < 1.29 is 4.79 Å². The molecule has 0 radical (unpaired) electrons. The van der Waals surface area contributed by atoms with Crippen LogP contribution < -0.4 is 11.0 Å². The Morgan fingerprint density at radius 3 is 2.47 bits per heavy atom. The molecule has 106 valence electrons. The highest BCUT2D eigenvalue weighted by molar-refractivity contribution is 5.76. The monoisotopic (exact) mass is 266 g/mol. The third kappa shape index (κ3) is 3.47. The average molecular weight is 266 g/mol. The molecule has 1 amide bonds. The Morgan fingerprint density at radius 2 is 1.84 bits per heavy atom. The van der Waals surface area contributed by atoms with Crippen LogP contribution >= 0.6 is 0 Å². The Labute approximate surface area is 113 Å². The van der Waals surface area contributed by atoms with Crippen LogP contribution in [0.5, 0.6) is 0 Å². The number of rotatable bonds is 5. The minimum Gasteiger partial charge on any atom is -0.340 e. The summed E-state index contributed by atoms with van der Waals surface area (Å²) in [6.07, 6.45) is 4.89. The van der Waals surface area contributed by atoms with Crippen LogP contribution in [0.25, 0.3) is 0 Å². The van der Waals surface area contributed by atoms with Gasteiger partial charge in [0.25, 0.3) is 0 Å². The zero-order chi connectivity index (χ0) is 13.7. The number of nitrogens with one attached hydrogen (secondary N) is 1. The minimum absolute atomic E-state index is 0.0186. The summed E-state index contributed by atoms with van der Waals surface area (Å²) < 4.78 is 3.31. The van der Waals surface area contributed by atoms with Gasteiger partial charge in [0.05, 0.1) is 0 Å². The molecule has 6 heteroatoms. The van der Waals surface area contributed by atoms with E-state index in [9.17, 15) is 9.59 Å². The van der Waals surface area contributed by atoms with Crippen LogP contribution in [-0.2, 0) is 17.9 Å². The van der Waals surface area contributed by atoms with E-state index in [1.165, 1.54) is 0 Å². The van der Waals surface area contributed by atoms with Gasteiger partial charge in [0.1, 0.15) is 0 Å². The van der Waals surface area contributed by atoms with Crippen molar-refractivity contribution in [2.45, 2.75) is 32.9 Å². The van der Waals surface area contributed by atoms with Crippen LogP contribution in [0, 0.1) is 0 Å². The van der Waals surface area contributed by atoms with Gasteiger partial charge in [0.15, 0.2) is 0 Å². The molecule has 0 bridgehead atoms. The number of hydrogen-bond acceptors (Lipinski definition) is 3. The van der Waals surface area contributed by atoms with E-state index in [2.05, 4.69) is 5.32 Å². The molecule has 0 aromatic carbocycles. The molecular weight excluding hydrogens is 244 g/mol. The lowest BCUT2D eigenvalue weighted by atomic mass is 10.3. The van der Waals surface area contributed by atoms with Gasteiger partial charge in [-0.05, 0) is 6.42 Å². The first-order valence-corrected chi connectivity index (χ1v) is 6.96. The zero-order valence-electron chi connectivity index (χ0n) is 11.5. The fourth-order valence-corrected chi connectivity index (χ4v) is 2.32. The maximum atomic E-state index is 12.0. The van der Waals surface area contributed by atoms with Crippen molar-refractivity contribution >= 4 is 5.91 Å². The standard InChI is InChI=1S/C13H22N4O2/c1-2-6-16-10-11-17(13(16)19)7-3-12(18)15-8-4-14-5-9-15/h10-11,14H,2-9H2,1H3. The molecule has 1 N–H and O–H groups in total. The molecule has 1 aromatic rings. The number of nitrogens with zero attached hydrogens (tertiary/aromatic N) is 3. The average Bonchev–Trinajstić information content (AvgIpc) is 2.79. The van der Waals surface area contributed by atoms with E-state index in [0.717, 1.165) is 39.1 Å². The summed E-state index contributed by atoms with van der Waals surface area (Å²) in [5, 5.41) is 3.22. The molecule has 6 nitrogen and oxygen atoms in total. The SMILES string of the molecule is CCCn1ccn(CCC(=O)N2CCNCC2)c1=O. The number of aromatic nitrogens is 2. The highest BCUT2D eigenvalue weighted by Gasteiger charge is 2.16. The van der Waals surface area contributed by atoms with E-state index in [0.29, 0.717) is 13.0 Å². The molecular formula is C13H22N4O2. The van der Waals surface area contributed by atoms with E-state index < -0.39 is 0 Å². The van der Waals surface area contributed by atoms with Gasteiger partial charge in [0.2, 0.25) is 5.91 Å². The Kier molecular flexibility index (Phi) is 4.79. The van der Waals surface area contributed by atoms with Crippen LogP contribution in [-0.4, -0.2) is 46.1 Å². The fraction of sp³-hybridized carbons (Fsp3) is 0.692. The molecule has 1 saturated heterocycles. The second-order valence-electron chi connectivity index (χ2n) is 4.85. The van der Waals surface area contributed by atoms with Crippen LogP contribution in [0.3, 0.4) is 0 Å². The van der Waals surface area contributed by atoms with Gasteiger partial charge in [0, 0.05) is 58.1 Å². The molecule has 1 aliphatic heterocycles. The van der Waals surface area contributed by atoms with Crippen molar-refractivity contribution in [2.24, 2.45) is 0 Å². The zero-order valence-corrected chi connectivity index (χ0v) is 11.5. The summed E-state index contributed by atoms with van der Waals surface area (Å²) in [5.41, 5.74) is -0.0186. The number of piperazine rings is 1. The van der Waals surface area contributed by atoms with Gasteiger partial charge in [-0.3, -0.25) is 13.9 Å². The van der Waals surface area contributed by atoms with Crippen molar-refractivity contribution in [3.63, 3.8) is 0 Å². The third-order valence-corrected chi connectivity index (χ3v) is 3.42. The van der Waals surface area contributed by atoms with Crippen molar-refractivity contribution in [3.05, 3.63) is 22.9 Å². The van der Waals surface area contributed by atoms with Gasteiger partial charge < -0.3 is 10.2 Å². The van der Waals surface area contributed by atoms with E-state index in [4.69, 9.17) is 0 Å². The first-order valence-electron chi connectivity index (χ1n) is 6.96. The fourth-order valence-electron chi connectivity index (χ4n) is 2.32.